The lowest BCUT2D eigenvalue weighted by Gasteiger charge is -2.35. The fraction of sp³-hybridized carbons (Fsp3) is 0.474. The summed E-state index contributed by atoms with van der Waals surface area (Å²) in [4.78, 5) is 52.2. The first kappa shape index (κ1) is 39.4. The summed E-state index contributed by atoms with van der Waals surface area (Å²) in [6.07, 6.45) is 6.29. The van der Waals surface area contributed by atoms with E-state index in [4.69, 9.17) is 9.47 Å². The van der Waals surface area contributed by atoms with Crippen molar-refractivity contribution < 1.29 is 43.5 Å². The average Bonchev–Trinajstić information content (AvgIpc) is 4.06. The van der Waals surface area contributed by atoms with Crippen molar-refractivity contribution in [3.63, 3.8) is 0 Å². The Kier molecular flexibility index (Phi) is 11.1. The van der Waals surface area contributed by atoms with Gasteiger partial charge in [-0.15, -0.1) is 0 Å². The highest BCUT2D eigenvalue weighted by Gasteiger charge is 2.34. The molecule has 2 aliphatic heterocycles. The van der Waals surface area contributed by atoms with Gasteiger partial charge < -0.3 is 54.7 Å². The Labute approximate surface area is 314 Å². The lowest BCUT2D eigenvalue weighted by molar-refractivity contribution is 0.0684. The minimum Gasteiger partial charge on any atom is -0.492 e. The van der Waals surface area contributed by atoms with Crippen molar-refractivity contribution in [2.75, 3.05) is 63.3 Å². The van der Waals surface area contributed by atoms with Gasteiger partial charge in [0.15, 0.2) is 23.1 Å². The zero-order valence-electron chi connectivity index (χ0n) is 31.1. The molecule has 0 bridgehead atoms. The molecule has 4 aliphatic rings. The Morgan fingerprint density at radius 2 is 1.07 bits per heavy atom. The molecule has 0 spiro atoms. The van der Waals surface area contributed by atoms with Crippen molar-refractivity contribution in [1.82, 2.24) is 19.8 Å². The summed E-state index contributed by atoms with van der Waals surface area (Å²) in [7, 11) is 2.91. The molecule has 55 heavy (non-hydrogen) atoms. The number of nitrogens with one attached hydrogen (secondary N) is 2. The van der Waals surface area contributed by atoms with E-state index in [9.17, 15) is 29.4 Å². The van der Waals surface area contributed by atoms with E-state index in [0.717, 1.165) is 50.9 Å². The van der Waals surface area contributed by atoms with Gasteiger partial charge in [0.1, 0.15) is 22.5 Å². The number of rotatable bonds is 8. The number of carboxylic acid groups (broad SMARTS) is 2. The van der Waals surface area contributed by atoms with E-state index >= 15 is 8.78 Å². The van der Waals surface area contributed by atoms with Crippen LogP contribution in [-0.2, 0) is 0 Å². The highest BCUT2D eigenvalue weighted by atomic mass is 19.1. The van der Waals surface area contributed by atoms with Gasteiger partial charge in [-0.1, -0.05) is 0 Å². The summed E-state index contributed by atoms with van der Waals surface area (Å²) in [5, 5.41) is 25.5. The molecule has 0 amide bonds. The Balaban J connectivity index is 0.000000184. The maximum Gasteiger partial charge on any atom is 0.341 e. The van der Waals surface area contributed by atoms with Gasteiger partial charge in [-0.2, -0.15) is 0 Å². The van der Waals surface area contributed by atoms with Crippen molar-refractivity contribution in [2.24, 2.45) is 0 Å². The Morgan fingerprint density at radius 3 is 1.36 bits per heavy atom. The number of nitrogens with zero attached hydrogens (tertiary/aromatic N) is 4. The number of aromatic nitrogens is 2. The van der Waals surface area contributed by atoms with Gasteiger partial charge in [0.25, 0.3) is 0 Å². The molecule has 4 fully saturated rings. The second-order valence-electron chi connectivity index (χ2n) is 14.5. The molecular formula is C38H46F2N6O9. The van der Waals surface area contributed by atoms with Gasteiger partial charge in [0.2, 0.25) is 10.9 Å². The maximum absolute atomic E-state index is 15.1. The molecule has 0 radical (unpaired) electrons. The van der Waals surface area contributed by atoms with Crippen LogP contribution in [0.2, 0.25) is 0 Å². The van der Waals surface area contributed by atoms with Crippen molar-refractivity contribution >= 4 is 45.1 Å². The number of methoxy groups -OCH3 is 2. The van der Waals surface area contributed by atoms with Crippen molar-refractivity contribution in [3.8, 4) is 11.5 Å². The molecule has 4 aromatic rings. The van der Waals surface area contributed by atoms with Gasteiger partial charge in [-0.3, -0.25) is 9.59 Å². The number of piperazine rings is 2. The first-order chi connectivity index (χ1) is 25.8. The van der Waals surface area contributed by atoms with Crippen molar-refractivity contribution in [3.05, 3.63) is 67.7 Å². The molecule has 296 valence electrons. The molecular weight excluding hydrogens is 722 g/mol. The SMILES string of the molecule is COc1c(N2CCN[C@@H](C)C2)c(F)cc2c(=O)c(C(=O)O)cn(C3CC3)c12.COc1c(N2CCN[C@@H](C)C2)c(F)cc2c(=O)c(C(=O)O)cn(C3CC3)c12.O. The molecule has 2 atom stereocenters. The van der Waals surface area contributed by atoms with Crippen LogP contribution >= 0.6 is 0 Å². The number of pyridine rings is 2. The van der Waals surface area contributed by atoms with Crippen LogP contribution in [-0.4, -0.2) is 102 Å². The molecule has 17 heteroatoms. The minimum absolute atomic E-state index is 0. The molecule has 8 rings (SSSR count). The number of aromatic carboxylic acids is 2. The van der Waals surface area contributed by atoms with Crippen LogP contribution in [0.1, 0.15) is 72.3 Å². The van der Waals surface area contributed by atoms with Crippen LogP contribution in [0.5, 0.6) is 11.5 Å². The normalized spacial score (nSPS) is 19.7. The third-order valence-corrected chi connectivity index (χ3v) is 10.5. The molecule has 6 N–H and O–H groups in total. The topological polar surface area (TPSA) is 199 Å². The van der Waals surface area contributed by atoms with Gasteiger partial charge in [0, 0.05) is 75.8 Å². The highest BCUT2D eigenvalue weighted by Crippen LogP contribution is 2.45. The lowest BCUT2D eigenvalue weighted by atomic mass is 10.1. The monoisotopic (exact) mass is 768 g/mol. The lowest BCUT2D eigenvalue weighted by Crippen LogP contribution is -2.49. The van der Waals surface area contributed by atoms with Gasteiger partial charge in [-0.25, -0.2) is 18.4 Å². The molecule has 2 aliphatic carbocycles. The number of benzene rings is 2. The molecule has 2 aromatic heterocycles. The zero-order valence-corrected chi connectivity index (χ0v) is 31.1. The number of ether oxygens (including phenoxy) is 2. The van der Waals surface area contributed by atoms with Crippen molar-refractivity contribution in [2.45, 2.75) is 63.7 Å². The van der Waals surface area contributed by atoms with Crippen LogP contribution in [0.15, 0.2) is 34.1 Å². The fourth-order valence-electron chi connectivity index (χ4n) is 7.72. The largest absolute Gasteiger partial charge is 0.492 e. The fourth-order valence-corrected chi connectivity index (χ4v) is 7.72. The second-order valence-corrected chi connectivity index (χ2v) is 14.5. The first-order valence-electron chi connectivity index (χ1n) is 18.2. The van der Waals surface area contributed by atoms with E-state index in [1.807, 2.05) is 23.6 Å². The smallest absolute Gasteiger partial charge is 0.341 e. The van der Waals surface area contributed by atoms with E-state index < -0.39 is 34.4 Å². The standard InChI is InChI=1S/2C19H22FN3O4.H2O/c2*1-10-8-22(6-5-21-10)16-14(20)7-12-15(18(16)27-2)23(11-3-4-11)9-13(17(12)24)19(25)26;/h2*7,9-11,21H,3-6,8H2,1-2H3,(H,25,26);1H2/t2*10-;/m00./s1. The van der Waals surface area contributed by atoms with Gasteiger partial charge >= 0.3 is 11.9 Å². The summed E-state index contributed by atoms with van der Waals surface area (Å²) >= 11 is 0. The van der Waals surface area contributed by atoms with E-state index in [1.54, 1.807) is 9.13 Å². The molecule has 4 heterocycles. The van der Waals surface area contributed by atoms with Crippen LogP contribution in [0.3, 0.4) is 0 Å². The highest BCUT2D eigenvalue weighted by molar-refractivity contribution is 5.98. The molecule has 2 saturated carbocycles. The predicted molar refractivity (Wildman–Crippen MR) is 203 cm³/mol. The minimum atomic E-state index is -1.31. The Morgan fingerprint density at radius 1 is 0.709 bits per heavy atom. The second kappa shape index (κ2) is 15.5. The van der Waals surface area contributed by atoms with Crippen LogP contribution in [0.4, 0.5) is 20.2 Å². The third-order valence-electron chi connectivity index (χ3n) is 10.5. The number of halogens is 2. The predicted octanol–water partition coefficient (Wildman–Crippen LogP) is 3.14. The third kappa shape index (κ3) is 7.30. The van der Waals surface area contributed by atoms with Crippen LogP contribution < -0.4 is 40.8 Å². The van der Waals surface area contributed by atoms with E-state index in [-0.39, 0.29) is 51.5 Å². The molecule has 0 unspecified atom stereocenters. The number of hydrogen-bond acceptors (Lipinski definition) is 10. The summed E-state index contributed by atoms with van der Waals surface area (Å²) in [5.41, 5.74) is -0.474. The average molecular weight is 769 g/mol. The van der Waals surface area contributed by atoms with E-state index in [2.05, 4.69) is 10.6 Å². The zero-order chi connectivity index (χ0) is 38.6. The van der Waals surface area contributed by atoms with Crippen LogP contribution in [0, 0.1) is 11.6 Å². The molecule has 2 saturated heterocycles. The van der Waals surface area contributed by atoms with Crippen LogP contribution in [0.25, 0.3) is 21.8 Å². The summed E-state index contributed by atoms with van der Waals surface area (Å²) in [6.45, 7) is 7.94. The number of hydrogen-bond donors (Lipinski definition) is 4. The Bertz CT molecular complexity index is 2130. The number of fused-ring (bicyclic) bond motifs is 2. The first-order valence-corrected chi connectivity index (χ1v) is 18.2. The molecule has 15 nitrogen and oxygen atoms in total. The number of carboxylic acids is 2. The van der Waals surface area contributed by atoms with E-state index in [0.29, 0.717) is 60.1 Å². The number of carbonyl (C=O) groups is 2. The summed E-state index contributed by atoms with van der Waals surface area (Å²) < 4.78 is 44.9. The maximum atomic E-state index is 15.1. The van der Waals surface area contributed by atoms with Gasteiger partial charge in [0.05, 0.1) is 36.0 Å². The molecule has 2 aromatic carbocycles. The summed E-state index contributed by atoms with van der Waals surface area (Å²) in [5.74, 6) is -3.18. The van der Waals surface area contributed by atoms with Crippen molar-refractivity contribution in [1.29, 1.82) is 0 Å². The van der Waals surface area contributed by atoms with E-state index in [1.165, 1.54) is 26.6 Å². The quantitative estimate of drug-likeness (QED) is 0.205. The Hall–Kier alpha value is -5.26. The number of anilines is 2. The van der Waals surface area contributed by atoms with Gasteiger partial charge in [-0.05, 0) is 51.7 Å². The summed E-state index contributed by atoms with van der Waals surface area (Å²) in [6, 6.07) is 2.90.